The minimum absolute atomic E-state index is 0.169. The van der Waals surface area contributed by atoms with Crippen molar-refractivity contribution in [3.05, 3.63) is 29.1 Å². The molecule has 0 aliphatic rings. The fraction of sp³-hybridized carbons (Fsp3) is 0.455. The van der Waals surface area contributed by atoms with Crippen molar-refractivity contribution in [3.63, 3.8) is 0 Å². The molecule has 78 valence electrons. The van der Waals surface area contributed by atoms with Crippen LogP contribution in [0, 0.1) is 12.7 Å². The van der Waals surface area contributed by atoms with Gasteiger partial charge in [0.15, 0.2) is 11.6 Å². The summed E-state index contributed by atoms with van der Waals surface area (Å²) in [6, 6.07) is 3.22. The van der Waals surface area contributed by atoms with Crippen molar-refractivity contribution in [1.82, 2.24) is 0 Å². The highest BCUT2D eigenvalue weighted by Crippen LogP contribution is 2.30. The van der Waals surface area contributed by atoms with Crippen molar-refractivity contribution >= 4 is 0 Å². The van der Waals surface area contributed by atoms with Gasteiger partial charge in [-0.05, 0) is 32.4 Å². The van der Waals surface area contributed by atoms with E-state index in [4.69, 9.17) is 4.74 Å². The average molecular weight is 198 g/mol. The SMILES string of the molecule is COc1cc(C)cc(C(C)(C)O)c1F. The minimum Gasteiger partial charge on any atom is -0.494 e. The van der Waals surface area contributed by atoms with Crippen LogP contribution >= 0.6 is 0 Å². The predicted molar refractivity (Wildman–Crippen MR) is 52.9 cm³/mol. The Morgan fingerprint density at radius 2 is 1.93 bits per heavy atom. The Balaban J connectivity index is 3.37. The largest absolute Gasteiger partial charge is 0.494 e. The summed E-state index contributed by atoms with van der Waals surface area (Å²) in [6.07, 6.45) is 0. The molecule has 0 amide bonds. The number of hydrogen-bond acceptors (Lipinski definition) is 2. The van der Waals surface area contributed by atoms with Gasteiger partial charge in [-0.2, -0.15) is 0 Å². The van der Waals surface area contributed by atoms with E-state index in [9.17, 15) is 9.50 Å². The molecular weight excluding hydrogens is 183 g/mol. The van der Waals surface area contributed by atoms with E-state index < -0.39 is 11.4 Å². The van der Waals surface area contributed by atoms with Gasteiger partial charge >= 0.3 is 0 Å². The molecule has 0 heterocycles. The van der Waals surface area contributed by atoms with Crippen LogP contribution in [0.4, 0.5) is 4.39 Å². The molecule has 0 aliphatic carbocycles. The van der Waals surface area contributed by atoms with Gasteiger partial charge in [0, 0.05) is 5.56 Å². The number of aliphatic hydroxyl groups is 1. The van der Waals surface area contributed by atoms with Gasteiger partial charge < -0.3 is 9.84 Å². The molecule has 0 unspecified atom stereocenters. The summed E-state index contributed by atoms with van der Waals surface area (Å²) in [5, 5.41) is 9.72. The van der Waals surface area contributed by atoms with Gasteiger partial charge in [0.25, 0.3) is 0 Å². The summed E-state index contributed by atoms with van der Waals surface area (Å²) in [4.78, 5) is 0. The van der Waals surface area contributed by atoms with Crippen LogP contribution in [0.15, 0.2) is 12.1 Å². The van der Waals surface area contributed by atoms with Crippen molar-refractivity contribution in [2.45, 2.75) is 26.4 Å². The van der Waals surface area contributed by atoms with Crippen LogP contribution in [0.25, 0.3) is 0 Å². The second kappa shape index (κ2) is 3.58. The Hall–Kier alpha value is -1.09. The van der Waals surface area contributed by atoms with Crippen LogP contribution in [0.3, 0.4) is 0 Å². The van der Waals surface area contributed by atoms with Crippen molar-refractivity contribution < 1.29 is 14.2 Å². The zero-order valence-electron chi connectivity index (χ0n) is 8.89. The summed E-state index contributed by atoms with van der Waals surface area (Å²) < 4.78 is 18.5. The lowest BCUT2D eigenvalue weighted by Crippen LogP contribution is -2.18. The number of rotatable bonds is 2. The first-order valence-electron chi connectivity index (χ1n) is 4.43. The molecule has 1 aromatic carbocycles. The van der Waals surface area contributed by atoms with E-state index in [-0.39, 0.29) is 11.3 Å². The topological polar surface area (TPSA) is 29.5 Å². The van der Waals surface area contributed by atoms with Gasteiger partial charge in [0.1, 0.15) is 0 Å². The monoisotopic (exact) mass is 198 g/mol. The summed E-state index contributed by atoms with van der Waals surface area (Å²) in [5.41, 5.74) is -0.0710. The highest BCUT2D eigenvalue weighted by atomic mass is 19.1. The molecule has 1 aromatic rings. The Morgan fingerprint density at radius 3 is 2.36 bits per heavy atom. The molecule has 0 aliphatic heterocycles. The minimum atomic E-state index is -1.19. The fourth-order valence-corrected chi connectivity index (χ4v) is 1.33. The summed E-state index contributed by atoms with van der Waals surface area (Å²) >= 11 is 0. The summed E-state index contributed by atoms with van der Waals surface area (Å²) in [6.45, 7) is 4.92. The molecule has 0 saturated heterocycles. The molecule has 0 atom stereocenters. The Bertz CT molecular complexity index is 340. The van der Waals surface area contributed by atoms with Crippen LogP contribution in [0.5, 0.6) is 5.75 Å². The Morgan fingerprint density at radius 1 is 1.36 bits per heavy atom. The van der Waals surface area contributed by atoms with Crippen molar-refractivity contribution in [3.8, 4) is 5.75 Å². The van der Waals surface area contributed by atoms with Crippen molar-refractivity contribution in [2.75, 3.05) is 7.11 Å². The van der Waals surface area contributed by atoms with Crippen LogP contribution in [-0.2, 0) is 5.60 Å². The second-order valence-corrected chi connectivity index (χ2v) is 3.89. The molecule has 1 rings (SSSR count). The number of benzene rings is 1. The number of ether oxygens (including phenoxy) is 1. The highest BCUT2D eigenvalue weighted by Gasteiger charge is 2.23. The average Bonchev–Trinajstić information content (AvgIpc) is 2.06. The van der Waals surface area contributed by atoms with E-state index in [0.29, 0.717) is 0 Å². The van der Waals surface area contributed by atoms with E-state index in [0.717, 1.165) is 5.56 Å². The van der Waals surface area contributed by atoms with Gasteiger partial charge in [-0.1, -0.05) is 6.07 Å². The number of methoxy groups -OCH3 is 1. The van der Waals surface area contributed by atoms with E-state index in [1.54, 1.807) is 26.0 Å². The maximum atomic E-state index is 13.7. The first-order chi connectivity index (χ1) is 6.36. The summed E-state index contributed by atoms with van der Waals surface area (Å²) in [7, 11) is 1.41. The molecule has 0 spiro atoms. The fourth-order valence-electron chi connectivity index (χ4n) is 1.33. The van der Waals surface area contributed by atoms with Crippen molar-refractivity contribution in [1.29, 1.82) is 0 Å². The van der Waals surface area contributed by atoms with E-state index in [1.165, 1.54) is 7.11 Å². The van der Waals surface area contributed by atoms with Gasteiger partial charge in [-0.25, -0.2) is 4.39 Å². The lowest BCUT2D eigenvalue weighted by Gasteiger charge is -2.20. The molecule has 1 N–H and O–H groups in total. The van der Waals surface area contributed by atoms with E-state index in [1.807, 2.05) is 6.92 Å². The van der Waals surface area contributed by atoms with Gasteiger partial charge in [-0.15, -0.1) is 0 Å². The van der Waals surface area contributed by atoms with Gasteiger partial charge in [-0.3, -0.25) is 0 Å². The van der Waals surface area contributed by atoms with Gasteiger partial charge in [0.2, 0.25) is 0 Å². The van der Waals surface area contributed by atoms with Crippen molar-refractivity contribution in [2.24, 2.45) is 0 Å². The zero-order valence-corrected chi connectivity index (χ0v) is 8.89. The maximum Gasteiger partial charge on any atom is 0.171 e. The summed E-state index contributed by atoms with van der Waals surface area (Å²) in [5.74, 6) is -0.326. The van der Waals surface area contributed by atoms with Crippen LogP contribution in [0.1, 0.15) is 25.0 Å². The van der Waals surface area contributed by atoms with Crippen LogP contribution < -0.4 is 4.74 Å². The first-order valence-corrected chi connectivity index (χ1v) is 4.43. The normalized spacial score (nSPS) is 11.6. The molecule has 0 bridgehead atoms. The molecule has 0 radical (unpaired) electrons. The standard InChI is InChI=1S/C11H15FO2/c1-7-5-8(11(2,3)13)10(12)9(6-7)14-4/h5-6,13H,1-4H3. The third-order valence-corrected chi connectivity index (χ3v) is 2.06. The number of aryl methyl sites for hydroxylation is 1. The smallest absolute Gasteiger partial charge is 0.171 e. The Kier molecular flexibility index (Phi) is 2.81. The highest BCUT2D eigenvalue weighted by molar-refractivity contribution is 5.38. The molecule has 2 nitrogen and oxygen atoms in total. The van der Waals surface area contributed by atoms with E-state index >= 15 is 0 Å². The van der Waals surface area contributed by atoms with E-state index in [2.05, 4.69) is 0 Å². The number of hydrogen-bond donors (Lipinski definition) is 1. The lowest BCUT2D eigenvalue weighted by atomic mass is 9.96. The maximum absolute atomic E-state index is 13.7. The molecule has 0 aromatic heterocycles. The van der Waals surface area contributed by atoms with Crippen LogP contribution in [-0.4, -0.2) is 12.2 Å². The predicted octanol–water partition coefficient (Wildman–Crippen LogP) is 2.37. The molecule has 3 heteroatoms. The Labute approximate surface area is 83.3 Å². The molecule has 0 fully saturated rings. The van der Waals surface area contributed by atoms with Gasteiger partial charge in [0.05, 0.1) is 12.7 Å². The lowest BCUT2D eigenvalue weighted by molar-refractivity contribution is 0.0738. The zero-order chi connectivity index (χ0) is 10.9. The van der Waals surface area contributed by atoms with Crippen LogP contribution in [0.2, 0.25) is 0 Å². The third-order valence-electron chi connectivity index (χ3n) is 2.06. The number of halogens is 1. The third kappa shape index (κ3) is 2.04. The molecular formula is C11H15FO2. The first kappa shape index (κ1) is 11.0. The second-order valence-electron chi connectivity index (χ2n) is 3.89. The molecule has 0 saturated carbocycles. The quantitative estimate of drug-likeness (QED) is 0.790. The molecule has 14 heavy (non-hydrogen) atoms.